The number of benzene rings is 2. The highest BCUT2D eigenvalue weighted by Gasteiger charge is 2.33. The molecule has 0 heterocycles. The van der Waals surface area contributed by atoms with Gasteiger partial charge in [0.05, 0.1) is 23.1 Å². The van der Waals surface area contributed by atoms with E-state index < -0.39 is 0 Å². The van der Waals surface area contributed by atoms with Gasteiger partial charge < -0.3 is 10.4 Å². The fourth-order valence-electron chi connectivity index (χ4n) is 2.66. The lowest BCUT2D eigenvalue weighted by Gasteiger charge is -2.21. The molecule has 1 aliphatic rings. The standard InChI is InChI=1S/C18H14N2O3/c1-10(8-19)9-20-13-6-7-14(21)16-15(13)17(22)11-4-2-3-5-12(11)18(16)23/h2-7,10,20-21H,9H2,1H3/t10-/m0/s1. The molecule has 5 heteroatoms. The second kappa shape index (κ2) is 5.58. The molecule has 114 valence electrons. The number of carbonyl (C=O) groups is 2. The van der Waals surface area contributed by atoms with Crippen LogP contribution >= 0.6 is 0 Å². The summed E-state index contributed by atoms with van der Waals surface area (Å²) in [6.45, 7) is 2.10. The van der Waals surface area contributed by atoms with E-state index in [4.69, 9.17) is 5.26 Å². The number of phenolic OH excluding ortho intramolecular Hbond substituents is 1. The molecule has 0 aliphatic heterocycles. The number of nitrogens with zero attached hydrogens (tertiary/aromatic N) is 1. The van der Waals surface area contributed by atoms with Crippen LogP contribution in [-0.4, -0.2) is 23.2 Å². The normalized spacial score (nSPS) is 13.7. The van der Waals surface area contributed by atoms with Gasteiger partial charge in [-0.3, -0.25) is 9.59 Å². The van der Waals surface area contributed by atoms with Crippen molar-refractivity contribution >= 4 is 17.3 Å². The van der Waals surface area contributed by atoms with Crippen molar-refractivity contribution in [1.82, 2.24) is 0 Å². The summed E-state index contributed by atoms with van der Waals surface area (Å²) in [5.74, 6) is -1.14. The van der Waals surface area contributed by atoms with Crippen molar-refractivity contribution in [2.24, 2.45) is 5.92 Å². The minimum atomic E-state index is -0.371. The van der Waals surface area contributed by atoms with E-state index in [2.05, 4.69) is 11.4 Å². The van der Waals surface area contributed by atoms with Crippen LogP contribution in [-0.2, 0) is 0 Å². The lowest BCUT2D eigenvalue weighted by molar-refractivity contribution is 0.0977. The molecule has 0 saturated heterocycles. The number of hydrogen-bond donors (Lipinski definition) is 2. The molecule has 0 spiro atoms. The third-order valence-electron chi connectivity index (χ3n) is 3.87. The second-order valence-corrected chi connectivity index (χ2v) is 5.50. The van der Waals surface area contributed by atoms with E-state index in [9.17, 15) is 14.7 Å². The Labute approximate surface area is 133 Å². The highest BCUT2D eigenvalue weighted by molar-refractivity contribution is 6.31. The number of carbonyl (C=O) groups excluding carboxylic acids is 2. The zero-order chi connectivity index (χ0) is 16.6. The zero-order valence-electron chi connectivity index (χ0n) is 12.5. The van der Waals surface area contributed by atoms with E-state index >= 15 is 0 Å². The number of rotatable bonds is 3. The van der Waals surface area contributed by atoms with Crippen molar-refractivity contribution in [3.05, 3.63) is 58.7 Å². The molecule has 0 saturated carbocycles. The van der Waals surface area contributed by atoms with Crippen LogP contribution in [0.15, 0.2) is 36.4 Å². The van der Waals surface area contributed by atoms with Gasteiger partial charge in [-0.1, -0.05) is 24.3 Å². The fourth-order valence-corrected chi connectivity index (χ4v) is 2.66. The molecule has 23 heavy (non-hydrogen) atoms. The molecular formula is C18H14N2O3. The van der Waals surface area contributed by atoms with Crippen LogP contribution in [0.5, 0.6) is 5.75 Å². The zero-order valence-corrected chi connectivity index (χ0v) is 12.5. The van der Waals surface area contributed by atoms with Gasteiger partial charge in [-0.05, 0) is 19.1 Å². The van der Waals surface area contributed by atoms with Crippen molar-refractivity contribution in [2.45, 2.75) is 6.92 Å². The van der Waals surface area contributed by atoms with Crippen LogP contribution in [0.4, 0.5) is 5.69 Å². The third kappa shape index (κ3) is 2.34. The van der Waals surface area contributed by atoms with E-state index in [1.54, 1.807) is 37.3 Å². The van der Waals surface area contributed by atoms with Gasteiger partial charge in [0.25, 0.3) is 0 Å². The highest BCUT2D eigenvalue weighted by Crippen LogP contribution is 2.36. The summed E-state index contributed by atoms with van der Waals surface area (Å²) in [5.41, 5.74) is 1.25. The molecule has 3 rings (SSSR count). The Balaban J connectivity index is 2.14. The quantitative estimate of drug-likeness (QED) is 0.726. The first-order valence-corrected chi connectivity index (χ1v) is 7.22. The number of nitrogens with one attached hydrogen (secondary N) is 1. The average Bonchev–Trinajstić information content (AvgIpc) is 2.58. The maximum Gasteiger partial charge on any atom is 0.198 e. The number of anilines is 1. The van der Waals surface area contributed by atoms with E-state index in [1.165, 1.54) is 6.07 Å². The van der Waals surface area contributed by atoms with Crippen molar-refractivity contribution in [2.75, 3.05) is 11.9 Å². The third-order valence-corrected chi connectivity index (χ3v) is 3.87. The lowest BCUT2D eigenvalue weighted by atomic mass is 9.82. The predicted molar refractivity (Wildman–Crippen MR) is 84.7 cm³/mol. The molecule has 2 aromatic carbocycles. The minimum absolute atomic E-state index is 0.0170. The fraction of sp³-hybridized carbons (Fsp3) is 0.167. The van der Waals surface area contributed by atoms with Crippen LogP contribution < -0.4 is 5.32 Å². The Morgan fingerprint density at radius 3 is 2.30 bits per heavy atom. The summed E-state index contributed by atoms with van der Waals surface area (Å²) in [6, 6.07) is 11.6. The van der Waals surface area contributed by atoms with Gasteiger partial charge in [0.15, 0.2) is 11.6 Å². The minimum Gasteiger partial charge on any atom is -0.507 e. The Kier molecular flexibility index (Phi) is 3.59. The molecule has 2 aromatic rings. The van der Waals surface area contributed by atoms with Crippen molar-refractivity contribution in [3.8, 4) is 11.8 Å². The molecular weight excluding hydrogens is 292 g/mol. The Morgan fingerprint density at radius 1 is 1.09 bits per heavy atom. The first kappa shape index (κ1) is 14.8. The van der Waals surface area contributed by atoms with Crippen LogP contribution in [0.2, 0.25) is 0 Å². The van der Waals surface area contributed by atoms with Gasteiger partial charge in [0.1, 0.15) is 5.75 Å². The molecule has 0 fully saturated rings. The first-order valence-electron chi connectivity index (χ1n) is 7.22. The summed E-state index contributed by atoms with van der Waals surface area (Å²) in [6.07, 6.45) is 0. The van der Waals surface area contributed by atoms with Gasteiger partial charge in [0.2, 0.25) is 0 Å². The summed E-state index contributed by atoms with van der Waals surface area (Å²) in [5, 5.41) is 22.0. The Hall–Kier alpha value is -3.13. The van der Waals surface area contributed by atoms with E-state index in [-0.39, 0.29) is 34.4 Å². The molecule has 5 nitrogen and oxygen atoms in total. The number of hydrogen-bond acceptors (Lipinski definition) is 5. The molecule has 0 bridgehead atoms. The lowest BCUT2D eigenvalue weighted by Crippen LogP contribution is -2.23. The number of fused-ring (bicyclic) bond motifs is 2. The van der Waals surface area contributed by atoms with Gasteiger partial charge in [-0.25, -0.2) is 0 Å². The average molecular weight is 306 g/mol. The second-order valence-electron chi connectivity index (χ2n) is 5.50. The topological polar surface area (TPSA) is 90.2 Å². The number of ketones is 2. The predicted octanol–water partition coefficient (Wildman–Crippen LogP) is 2.74. The number of nitriles is 1. The van der Waals surface area contributed by atoms with Crippen molar-refractivity contribution in [1.29, 1.82) is 5.26 Å². The maximum atomic E-state index is 12.8. The molecule has 1 aliphatic carbocycles. The van der Waals surface area contributed by atoms with Crippen molar-refractivity contribution in [3.63, 3.8) is 0 Å². The van der Waals surface area contributed by atoms with E-state index in [1.807, 2.05) is 0 Å². The summed E-state index contributed by atoms with van der Waals surface area (Å²) >= 11 is 0. The SMILES string of the molecule is C[C@@H](C#N)CNc1ccc(O)c2c1C(=O)c1ccccc1C2=O. The summed E-state index contributed by atoms with van der Waals surface area (Å²) in [7, 11) is 0. The van der Waals surface area contributed by atoms with Gasteiger partial charge in [-0.2, -0.15) is 5.26 Å². The van der Waals surface area contributed by atoms with Crippen LogP contribution in [0.1, 0.15) is 38.8 Å². The smallest absolute Gasteiger partial charge is 0.198 e. The van der Waals surface area contributed by atoms with Crippen LogP contribution in [0.25, 0.3) is 0 Å². The summed E-state index contributed by atoms with van der Waals surface area (Å²) < 4.78 is 0. The Morgan fingerprint density at radius 2 is 1.70 bits per heavy atom. The Bertz CT molecular complexity index is 865. The molecule has 0 aromatic heterocycles. The maximum absolute atomic E-state index is 12.8. The summed E-state index contributed by atoms with van der Waals surface area (Å²) in [4.78, 5) is 25.4. The molecule has 0 radical (unpaired) electrons. The molecule has 0 amide bonds. The molecule has 1 atom stereocenters. The number of aromatic hydroxyl groups is 1. The molecule has 2 N–H and O–H groups in total. The molecule has 0 unspecified atom stereocenters. The van der Waals surface area contributed by atoms with Gasteiger partial charge in [-0.15, -0.1) is 0 Å². The van der Waals surface area contributed by atoms with Crippen LogP contribution in [0.3, 0.4) is 0 Å². The number of phenols is 1. The van der Waals surface area contributed by atoms with Gasteiger partial charge in [0, 0.05) is 23.4 Å². The van der Waals surface area contributed by atoms with Gasteiger partial charge >= 0.3 is 0 Å². The van der Waals surface area contributed by atoms with Crippen molar-refractivity contribution < 1.29 is 14.7 Å². The van der Waals surface area contributed by atoms with Crippen LogP contribution in [0, 0.1) is 17.2 Å². The van der Waals surface area contributed by atoms with E-state index in [0.717, 1.165) is 0 Å². The highest BCUT2D eigenvalue weighted by atomic mass is 16.3. The monoisotopic (exact) mass is 306 g/mol. The largest absolute Gasteiger partial charge is 0.507 e. The van der Waals surface area contributed by atoms with E-state index in [0.29, 0.717) is 23.4 Å². The first-order chi connectivity index (χ1) is 11.0.